The van der Waals surface area contributed by atoms with Crippen molar-refractivity contribution >= 4 is 5.91 Å². The molecule has 0 spiro atoms. The predicted molar refractivity (Wildman–Crippen MR) is 80.0 cm³/mol. The van der Waals surface area contributed by atoms with Crippen LogP contribution < -0.4 is 4.74 Å². The number of pyridine rings is 1. The first-order valence-corrected chi connectivity index (χ1v) is 7.73. The Morgan fingerprint density at radius 2 is 2.24 bits per heavy atom. The predicted octanol–water partition coefficient (Wildman–Crippen LogP) is 2.16. The van der Waals surface area contributed by atoms with Crippen LogP contribution in [0.15, 0.2) is 24.7 Å². The van der Waals surface area contributed by atoms with Gasteiger partial charge in [-0.15, -0.1) is 0 Å². The van der Waals surface area contributed by atoms with E-state index in [0.717, 1.165) is 12.8 Å². The average molecular weight is 355 g/mol. The van der Waals surface area contributed by atoms with Crippen molar-refractivity contribution in [1.82, 2.24) is 25.1 Å². The van der Waals surface area contributed by atoms with E-state index >= 15 is 0 Å². The van der Waals surface area contributed by atoms with E-state index in [9.17, 15) is 18.0 Å². The fraction of sp³-hybridized carbons (Fsp3) is 0.467. The minimum atomic E-state index is -4.50. The number of rotatable bonds is 4. The number of alkyl halides is 3. The molecule has 2 aromatic heterocycles. The molecule has 1 amide bonds. The SMILES string of the molecule is O=C(c1cccnc1OCC(F)(F)F)N1CCCC(c2ncn[nH]2)C1. The number of ether oxygens (including phenoxy) is 1. The van der Waals surface area contributed by atoms with Crippen molar-refractivity contribution in [1.29, 1.82) is 0 Å². The number of H-pyrrole nitrogens is 1. The lowest BCUT2D eigenvalue weighted by atomic mass is 9.97. The van der Waals surface area contributed by atoms with Gasteiger partial charge in [0.2, 0.25) is 5.88 Å². The summed E-state index contributed by atoms with van der Waals surface area (Å²) in [6.07, 6.45) is -0.198. The molecule has 2 aromatic rings. The smallest absolute Gasteiger partial charge is 0.422 e. The fourth-order valence-electron chi connectivity index (χ4n) is 2.79. The van der Waals surface area contributed by atoms with E-state index < -0.39 is 18.7 Å². The van der Waals surface area contributed by atoms with Crippen LogP contribution in [0.3, 0.4) is 0 Å². The summed E-state index contributed by atoms with van der Waals surface area (Å²) in [4.78, 5) is 22.2. The van der Waals surface area contributed by atoms with Crippen molar-refractivity contribution in [2.75, 3.05) is 19.7 Å². The quantitative estimate of drug-likeness (QED) is 0.909. The zero-order valence-corrected chi connectivity index (χ0v) is 13.2. The maximum atomic E-state index is 12.7. The van der Waals surface area contributed by atoms with E-state index in [1.54, 1.807) is 4.90 Å². The van der Waals surface area contributed by atoms with E-state index in [-0.39, 0.29) is 17.4 Å². The lowest BCUT2D eigenvalue weighted by Gasteiger charge is -2.32. The Hall–Kier alpha value is -2.65. The number of carbonyl (C=O) groups excluding carboxylic acids is 1. The zero-order valence-electron chi connectivity index (χ0n) is 13.2. The highest BCUT2D eigenvalue weighted by atomic mass is 19.4. The zero-order chi connectivity index (χ0) is 17.9. The number of nitrogens with one attached hydrogen (secondary N) is 1. The Kier molecular flexibility index (Phi) is 4.86. The van der Waals surface area contributed by atoms with Gasteiger partial charge in [-0.2, -0.15) is 18.3 Å². The van der Waals surface area contributed by atoms with Crippen LogP contribution in [0.1, 0.15) is 34.9 Å². The summed E-state index contributed by atoms with van der Waals surface area (Å²) >= 11 is 0. The summed E-state index contributed by atoms with van der Waals surface area (Å²) < 4.78 is 41.8. The standard InChI is InChI=1S/C15H16F3N5O2/c16-15(17,18)8-25-13-11(4-1-5-19-13)14(24)23-6-2-3-10(7-23)12-20-9-21-22-12/h1,4-5,9-10H,2-3,6-8H2,(H,20,21,22). The molecule has 10 heteroatoms. The molecule has 0 aromatic carbocycles. The van der Waals surface area contributed by atoms with Crippen LogP contribution in [0, 0.1) is 0 Å². The Morgan fingerprint density at radius 3 is 2.96 bits per heavy atom. The molecule has 25 heavy (non-hydrogen) atoms. The normalized spacial score (nSPS) is 18.2. The Bertz CT molecular complexity index is 720. The highest BCUT2D eigenvalue weighted by Gasteiger charge is 2.31. The lowest BCUT2D eigenvalue weighted by molar-refractivity contribution is -0.154. The van der Waals surface area contributed by atoms with E-state index in [1.807, 2.05) is 0 Å². The largest absolute Gasteiger partial charge is 0.467 e. The molecule has 0 saturated carbocycles. The highest BCUT2D eigenvalue weighted by Crippen LogP contribution is 2.27. The van der Waals surface area contributed by atoms with Crippen molar-refractivity contribution < 1.29 is 22.7 Å². The molecule has 1 N–H and O–H groups in total. The third-order valence-corrected chi connectivity index (χ3v) is 3.90. The second-order valence-electron chi connectivity index (χ2n) is 5.72. The second kappa shape index (κ2) is 7.08. The Labute approximate surface area is 141 Å². The molecule has 3 heterocycles. The third-order valence-electron chi connectivity index (χ3n) is 3.90. The molecular formula is C15H16F3N5O2. The third kappa shape index (κ3) is 4.25. The molecule has 1 saturated heterocycles. The van der Waals surface area contributed by atoms with E-state index in [0.29, 0.717) is 18.9 Å². The molecule has 7 nitrogen and oxygen atoms in total. The number of aromatic nitrogens is 4. The molecule has 1 aliphatic heterocycles. The number of aromatic amines is 1. The van der Waals surface area contributed by atoms with Crippen molar-refractivity contribution in [2.45, 2.75) is 24.9 Å². The number of hydrogen-bond donors (Lipinski definition) is 1. The highest BCUT2D eigenvalue weighted by molar-refractivity contribution is 5.96. The minimum Gasteiger partial charge on any atom is -0.467 e. The summed E-state index contributed by atoms with van der Waals surface area (Å²) in [5, 5.41) is 6.60. The number of nitrogens with zero attached hydrogens (tertiary/aromatic N) is 4. The van der Waals surface area contributed by atoms with Crippen LogP contribution >= 0.6 is 0 Å². The maximum Gasteiger partial charge on any atom is 0.422 e. The van der Waals surface area contributed by atoms with Crippen LogP contribution in [0.4, 0.5) is 13.2 Å². The molecule has 0 bridgehead atoms. The lowest BCUT2D eigenvalue weighted by Crippen LogP contribution is -2.39. The second-order valence-corrected chi connectivity index (χ2v) is 5.72. The summed E-state index contributed by atoms with van der Waals surface area (Å²) in [5.74, 6) is -0.0187. The van der Waals surface area contributed by atoms with Gasteiger partial charge >= 0.3 is 6.18 Å². The maximum absolute atomic E-state index is 12.7. The van der Waals surface area contributed by atoms with Crippen LogP contribution in [0.2, 0.25) is 0 Å². The summed E-state index contributed by atoms with van der Waals surface area (Å²) in [6.45, 7) is -0.580. The molecule has 0 radical (unpaired) electrons. The van der Waals surface area contributed by atoms with Crippen LogP contribution in [-0.4, -0.2) is 56.8 Å². The van der Waals surface area contributed by atoms with Gasteiger partial charge in [0.15, 0.2) is 6.61 Å². The molecule has 1 fully saturated rings. The molecule has 3 rings (SSSR count). The van der Waals surface area contributed by atoms with Crippen molar-refractivity contribution in [3.8, 4) is 5.88 Å². The van der Waals surface area contributed by atoms with Crippen LogP contribution in [0.25, 0.3) is 0 Å². The first kappa shape index (κ1) is 17.2. The number of amides is 1. The van der Waals surface area contributed by atoms with Gasteiger partial charge in [0.25, 0.3) is 5.91 Å². The summed E-state index contributed by atoms with van der Waals surface area (Å²) in [5.41, 5.74) is 0.0185. The fourth-order valence-corrected chi connectivity index (χ4v) is 2.79. The topological polar surface area (TPSA) is 84.0 Å². The molecular weight excluding hydrogens is 339 g/mol. The summed E-state index contributed by atoms with van der Waals surface area (Å²) in [6, 6.07) is 2.91. The van der Waals surface area contributed by atoms with Gasteiger partial charge in [-0.3, -0.25) is 9.89 Å². The van der Waals surface area contributed by atoms with Gasteiger partial charge in [-0.25, -0.2) is 9.97 Å². The van der Waals surface area contributed by atoms with Gasteiger partial charge in [-0.05, 0) is 25.0 Å². The van der Waals surface area contributed by atoms with Crippen LogP contribution in [-0.2, 0) is 0 Å². The first-order valence-electron chi connectivity index (χ1n) is 7.73. The van der Waals surface area contributed by atoms with Crippen LogP contribution in [0.5, 0.6) is 5.88 Å². The molecule has 1 aliphatic rings. The number of likely N-dealkylation sites (tertiary alicyclic amines) is 1. The molecule has 0 aliphatic carbocycles. The number of hydrogen-bond acceptors (Lipinski definition) is 5. The van der Waals surface area contributed by atoms with Gasteiger partial charge < -0.3 is 9.64 Å². The monoisotopic (exact) mass is 355 g/mol. The Balaban J connectivity index is 1.74. The Morgan fingerprint density at radius 1 is 1.40 bits per heavy atom. The molecule has 1 unspecified atom stereocenters. The van der Waals surface area contributed by atoms with Gasteiger partial charge in [-0.1, -0.05) is 0 Å². The molecule has 1 atom stereocenters. The van der Waals surface area contributed by atoms with Gasteiger partial charge in [0.05, 0.1) is 0 Å². The van der Waals surface area contributed by atoms with Crippen molar-refractivity contribution in [3.05, 3.63) is 36.0 Å². The van der Waals surface area contributed by atoms with Crippen molar-refractivity contribution in [2.24, 2.45) is 0 Å². The van der Waals surface area contributed by atoms with Gasteiger partial charge in [0.1, 0.15) is 17.7 Å². The number of carbonyl (C=O) groups is 1. The number of piperidine rings is 1. The van der Waals surface area contributed by atoms with Crippen molar-refractivity contribution in [3.63, 3.8) is 0 Å². The van der Waals surface area contributed by atoms with E-state index in [2.05, 4.69) is 20.2 Å². The van der Waals surface area contributed by atoms with E-state index in [4.69, 9.17) is 4.74 Å². The van der Waals surface area contributed by atoms with Gasteiger partial charge in [0, 0.05) is 25.2 Å². The number of halogens is 3. The van der Waals surface area contributed by atoms with E-state index in [1.165, 1.54) is 24.7 Å². The summed E-state index contributed by atoms with van der Waals surface area (Å²) in [7, 11) is 0. The first-order chi connectivity index (χ1) is 11.9. The minimum absolute atomic E-state index is 0.0106. The molecule has 134 valence electrons. The average Bonchev–Trinajstić information content (AvgIpc) is 3.14.